The van der Waals surface area contributed by atoms with Crippen LogP contribution >= 0.6 is 0 Å². The molecule has 0 N–H and O–H groups in total. The quantitative estimate of drug-likeness (QED) is 0.324. The van der Waals surface area contributed by atoms with Gasteiger partial charge in [-0.25, -0.2) is 0 Å². The van der Waals surface area contributed by atoms with Gasteiger partial charge in [0, 0.05) is 0 Å². The first-order valence-electron chi connectivity index (χ1n) is 4.29. The predicted molar refractivity (Wildman–Crippen MR) is 49.4 cm³/mol. The van der Waals surface area contributed by atoms with Crippen LogP contribution in [0.3, 0.4) is 0 Å². The van der Waals surface area contributed by atoms with Gasteiger partial charge in [0.25, 0.3) is 0 Å². The van der Waals surface area contributed by atoms with E-state index in [4.69, 9.17) is 4.74 Å². The maximum atomic E-state index is 5.14. The van der Waals surface area contributed by atoms with Crippen molar-refractivity contribution < 1.29 is 4.74 Å². The molecule has 0 bridgehead atoms. The van der Waals surface area contributed by atoms with E-state index in [0.29, 0.717) is 6.61 Å². The molecule has 0 aliphatic heterocycles. The maximum absolute atomic E-state index is 5.14. The summed E-state index contributed by atoms with van der Waals surface area (Å²) >= 11 is 0. The molecule has 0 aromatic rings. The van der Waals surface area contributed by atoms with Gasteiger partial charge in [-0.3, -0.25) is 0 Å². The Hall–Kier alpha value is -0.720. The van der Waals surface area contributed by atoms with Crippen molar-refractivity contribution in [3.8, 4) is 0 Å². The van der Waals surface area contributed by atoms with E-state index in [1.54, 1.807) is 0 Å². The van der Waals surface area contributed by atoms with Gasteiger partial charge in [0.05, 0.1) is 6.61 Å². The largest absolute Gasteiger partial charge is 0.495 e. The lowest BCUT2D eigenvalue weighted by molar-refractivity contribution is 0.244. The fourth-order valence-corrected chi connectivity index (χ4v) is 0.770. The summed E-state index contributed by atoms with van der Waals surface area (Å²) < 4.78 is 5.14. The minimum atomic E-state index is 0.705. The summed E-state index contributed by atoms with van der Waals surface area (Å²) in [6.07, 6.45) is 7.67. The fourth-order valence-electron chi connectivity index (χ4n) is 0.770. The molecule has 0 atom stereocenters. The Morgan fingerprint density at radius 3 is 2.73 bits per heavy atom. The van der Waals surface area contributed by atoms with E-state index >= 15 is 0 Å². The van der Waals surface area contributed by atoms with Gasteiger partial charge in [0.1, 0.15) is 5.76 Å². The molecule has 0 radical (unpaired) electrons. The molecule has 0 spiro atoms. The molecule has 0 fully saturated rings. The molecule has 0 aromatic carbocycles. The first kappa shape index (κ1) is 10.3. The van der Waals surface area contributed by atoms with Crippen molar-refractivity contribution in [1.29, 1.82) is 0 Å². The molecule has 1 heteroatoms. The highest BCUT2D eigenvalue weighted by Crippen LogP contribution is 1.99. The van der Waals surface area contributed by atoms with Crippen LogP contribution in [0.2, 0.25) is 0 Å². The zero-order valence-corrected chi connectivity index (χ0v) is 7.60. The lowest BCUT2D eigenvalue weighted by Crippen LogP contribution is -1.84. The van der Waals surface area contributed by atoms with Crippen molar-refractivity contribution >= 4 is 0 Å². The lowest BCUT2D eigenvalue weighted by atomic mass is 10.2. The van der Waals surface area contributed by atoms with Crippen LogP contribution in [-0.2, 0) is 4.74 Å². The Balaban J connectivity index is 3.32. The molecule has 0 aliphatic rings. The van der Waals surface area contributed by atoms with Crippen molar-refractivity contribution in [3.05, 3.63) is 24.5 Å². The molecule has 64 valence electrons. The van der Waals surface area contributed by atoms with Gasteiger partial charge in [-0.2, -0.15) is 0 Å². The highest BCUT2D eigenvalue weighted by Gasteiger charge is 1.83. The number of unbranched alkanes of at least 4 members (excludes halogenated alkanes) is 2. The standard InChI is InChI=1S/C10H18O/c1-4-6-7-8-9-10(3)11-5-2/h8-9H,3-7H2,1-2H3/b9-8-. The van der Waals surface area contributed by atoms with Crippen LogP contribution in [0.15, 0.2) is 24.5 Å². The second-order valence-corrected chi connectivity index (χ2v) is 2.44. The molecule has 0 saturated heterocycles. The van der Waals surface area contributed by atoms with Crippen LogP contribution < -0.4 is 0 Å². The van der Waals surface area contributed by atoms with Crippen molar-refractivity contribution in [2.24, 2.45) is 0 Å². The minimum absolute atomic E-state index is 0.705. The summed E-state index contributed by atoms with van der Waals surface area (Å²) in [5, 5.41) is 0. The summed E-state index contributed by atoms with van der Waals surface area (Å²) in [4.78, 5) is 0. The van der Waals surface area contributed by atoms with Crippen molar-refractivity contribution in [1.82, 2.24) is 0 Å². The van der Waals surface area contributed by atoms with Gasteiger partial charge in [0.2, 0.25) is 0 Å². The van der Waals surface area contributed by atoms with Crippen molar-refractivity contribution in [2.45, 2.75) is 33.1 Å². The summed E-state index contributed by atoms with van der Waals surface area (Å²) in [5.74, 6) is 0.767. The molecular weight excluding hydrogens is 136 g/mol. The number of ether oxygens (including phenoxy) is 1. The Labute approximate surface area is 69.8 Å². The Bertz CT molecular complexity index is 125. The number of rotatable bonds is 6. The summed E-state index contributed by atoms with van der Waals surface area (Å²) in [6.45, 7) is 8.59. The summed E-state index contributed by atoms with van der Waals surface area (Å²) in [6, 6.07) is 0. The van der Waals surface area contributed by atoms with E-state index in [2.05, 4.69) is 19.6 Å². The monoisotopic (exact) mass is 154 g/mol. The predicted octanol–water partition coefficient (Wildman–Crippen LogP) is 3.28. The number of allylic oxidation sites excluding steroid dienone is 2. The molecular formula is C10H18O. The zero-order chi connectivity index (χ0) is 8.53. The minimum Gasteiger partial charge on any atom is -0.495 e. The average Bonchev–Trinajstić information content (AvgIpc) is 1.99. The highest BCUT2D eigenvalue weighted by molar-refractivity contribution is 5.06. The van der Waals surface area contributed by atoms with Gasteiger partial charge < -0.3 is 4.74 Å². The van der Waals surface area contributed by atoms with Gasteiger partial charge in [-0.05, 0) is 19.4 Å². The second-order valence-electron chi connectivity index (χ2n) is 2.44. The molecule has 0 aromatic heterocycles. The van der Waals surface area contributed by atoms with Crippen LogP contribution in [0, 0.1) is 0 Å². The first-order valence-corrected chi connectivity index (χ1v) is 4.29. The van der Waals surface area contributed by atoms with E-state index in [1.165, 1.54) is 12.8 Å². The first-order chi connectivity index (χ1) is 5.31. The van der Waals surface area contributed by atoms with Crippen LogP contribution in [0.4, 0.5) is 0 Å². The molecule has 0 amide bonds. The Morgan fingerprint density at radius 2 is 2.18 bits per heavy atom. The average molecular weight is 154 g/mol. The van der Waals surface area contributed by atoms with E-state index in [-0.39, 0.29) is 0 Å². The third-order valence-electron chi connectivity index (χ3n) is 1.36. The van der Waals surface area contributed by atoms with Gasteiger partial charge in [-0.15, -0.1) is 0 Å². The van der Waals surface area contributed by atoms with E-state index < -0.39 is 0 Å². The van der Waals surface area contributed by atoms with E-state index in [0.717, 1.165) is 12.2 Å². The van der Waals surface area contributed by atoms with Crippen LogP contribution in [0.5, 0.6) is 0 Å². The molecule has 1 nitrogen and oxygen atoms in total. The zero-order valence-electron chi connectivity index (χ0n) is 7.60. The molecule has 11 heavy (non-hydrogen) atoms. The van der Waals surface area contributed by atoms with Gasteiger partial charge in [0.15, 0.2) is 0 Å². The molecule has 0 heterocycles. The third kappa shape index (κ3) is 7.17. The third-order valence-corrected chi connectivity index (χ3v) is 1.36. The summed E-state index contributed by atoms with van der Waals surface area (Å²) in [7, 11) is 0. The molecule has 0 aliphatic carbocycles. The smallest absolute Gasteiger partial charge is 0.111 e. The number of hydrogen-bond donors (Lipinski definition) is 0. The molecule has 0 unspecified atom stereocenters. The van der Waals surface area contributed by atoms with Gasteiger partial charge in [-0.1, -0.05) is 32.4 Å². The Morgan fingerprint density at radius 1 is 1.45 bits per heavy atom. The fraction of sp³-hybridized carbons (Fsp3) is 0.600. The van der Waals surface area contributed by atoms with Crippen LogP contribution in [-0.4, -0.2) is 6.61 Å². The maximum Gasteiger partial charge on any atom is 0.111 e. The normalized spacial score (nSPS) is 10.4. The van der Waals surface area contributed by atoms with Crippen molar-refractivity contribution in [3.63, 3.8) is 0 Å². The van der Waals surface area contributed by atoms with Gasteiger partial charge >= 0.3 is 0 Å². The SMILES string of the molecule is C=C(/C=C\CCCC)OCC. The van der Waals surface area contributed by atoms with Crippen molar-refractivity contribution in [2.75, 3.05) is 6.61 Å². The Kier molecular flexibility index (Phi) is 6.90. The highest BCUT2D eigenvalue weighted by atomic mass is 16.5. The van der Waals surface area contributed by atoms with Crippen LogP contribution in [0.25, 0.3) is 0 Å². The second kappa shape index (κ2) is 7.39. The molecule has 0 saturated carbocycles. The number of hydrogen-bond acceptors (Lipinski definition) is 1. The van der Waals surface area contributed by atoms with E-state index in [9.17, 15) is 0 Å². The summed E-state index contributed by atoms with van der Waals surface area (Å²) in [5.41, 5.74) is 0. The topological polar surface area (TPSA) is 9.23 Å². The molecule has 0 rings (SSSR count). The lowest BCUT2D eigenvalue weighted by Gasteiger charge is -1.99. The van der Waals surface area contributed by atoms with Crippen LogP contribution in [0.1, 0.15) is 33.1 Å². The van der Waals surface area contributed by atoms with E-state index in [1.807, 2.05) is 13.0 Å².